The molecule has 0 saturated carbocycles. The van der Waals surface area contributed by atoms with Crippen molar-refractivity contribution in [3.63, 3.8) is 0 Å². The van der Waals surface area contributed by atoms with Crippen molar-refractivity contribution in [2.24, 2.45) is 5.92 Å². The van der Waals surface area contributed by atoms with Gasteiger partial charge in [0, 0.05) is 19.4 Å². The molecule has 0 radical (unpaired) electrons. The van der Waals surface area contributed by atoms with Gasteiger partial charge in [-0.3, -0.25) is 14.4 Å². The number of hydrogen-bond donors (Lipinski definition) is 4. The van der Waals surface area contributed by atoms with Crippen LogP contribution >= 0.6 is 0 Å². The number of hydrogen-bond acceptors (Lipinski definition) is 4. The van der Waals surface area contributed by atoms with E-state index in [1.807, 2.05) is 0 Å². The topological polar surface area (TPSA) is 124 Å². The third-order valence-electron chi connectivity index (χ3n) is 3.16. The number of amides is 1. The SMILES string of the molecule is O=C(O)CCC(CC(=O)NCC(O)c1ccccc1)C(=O)O. The molecule has 1 amide bonds. The van der Waals surface area contributed by atoms with E-state index in [2.05, 4.69) is 5.32 Å². The van der Waals surface area contributed by atoms with Crippen LogP contribution in [0.25, 0.3) is 0 Å². The minimum absolute atomic E-state index is 0.0336. The first-order chi connectivity index (χ1) is 10.4. The van der Waals surface area contributed by atoms with Crippen molar-refractivity contribution in [1.82, 2.24) is 5.32 Å². The molecule has 2 unspecified atom stereocenters. The molecule has 0 fully saturated rings. The molecular weight excluding hydrogens is 290 g/mol. The van der Waals surface area contributed by atoms with Crippen LogP contribution in [0.3, 0.4) is 0 Å². The number of carboxylic acid groups (broad SMARTS) is 2. The summed E-state index contributed by atoms with van der Waals surface area (Å²) in [5.41, 5.74) is 0.642. The first-order valence-electron chi connectivity index (χ1n) is 6.84. The highest BCUT2D eigenvalue weighted by molar-refractivity contribution is 5.82. The van der Waals surface area contributed by atoms with Gasteiger partial charge in [0.2, 0.25) is 5.91 Å². The zero-order chi connectivity index (χ0) is 16.5. The molecule has 0 bridgehead atoms. The number of carbonyl (C=O) groups excluding carboxylic acids is 1. The summed E-state index contributed by atoms with van der Waals surface area (Å²) in [6, 6.07) is 8.74. The lowest BCUT2D eigenvalue weighted by atomic mass is 9.99. The van der Waals surface area contributed by atoms with Gasteiger partial charge in [-0.15, -0.1) is 0 Å². The first kappa shape index (κ1) is 17.6. The Bertz CT molecular complexity index is 516. The maximum atomic E-state index is 11.7. The Morgan fingerprint density at radius 3 is 2.27 bits per heavy atom. The summed E-state index contributed by atoms with van der Waals surface area (Å²) in [5, 5.41) is 29.9. The van der Waals surface area contributed by atoms with Gasteiger partial charge in [0.1, 0.15) is 0 Å². The Kier molecular flexibility index (Phi) is 7.04. The lowest BCUT2D eigenvalue weighted by Crippen LogP contribution is -2.31. The third kappa shape index (κ3) is 6.36. The Labute approximate surface area is 127 Å². The molecule has 2 atom stereocenters. The third-order valence-corrected chi connectivity index (χ3v) is 3.16. The van der Waals surface area contributed by atoms with Crippen molar-refractivity contribution >= 4 is 17.8 Å². The molecule has 0 aliphatic carbocycles. The van der Waals surface area contributed by atoms with Crippen LogP contribution in [0.15, 0.2) is 30.3 Å². The monoisotopic (exact) mass is 309 g/mol. The zero-order valence-electron chi connectivity index (χ0n) is 11.9. The molecule has 0 saturated heterocycles. The zero-order valence-corrected chi connectivity index (χ0v) is 11.9. The van der Waals surface area contributed by atoms with Crippen molar-refractivity contribution < 1.29 is 29.7 Å². The van der Waals surface area contributed by atoms with E-state index in [-0.39, 0.29) is 25.8 Å². The summed E-state index contributed by atoms with van der Waals surface area (Å²) >= 11 is 0. The van der Waals surface area contributed by atoms with Crippen molar-refractivity contribution in [2.75, 3.05) is 6.54 Å². The minimum atomic E-state index is -1.21. The lowest BCUT2D eigenvalue weighted by molar-refractivity contribution is -0.145. The summed E-state index contributed by atoms with van der Waals surface area (Å²) in [5.74, 6) is -3.90. The number of carbonyl (C=O) groups is 3. The van der Waals surface area contributed by atoms with E-state index in [0.29, 0.717) is 5.56 Å². The van der Waals surface area contributed by atoms with E-state index in [4.69, 9.17) is 10.2 Å². The van der Waals surface area contributed by atoms with Gasteiger partial charge >= 0.3 is 11.9 Å². The van der Waals surface area contributed by atoms with Crippen molar-refractivity contribution in [3.8, 4) is 0 Å². The van der Waals surface area contributed by atoms with Crippen LogP contribution < -0.4 is 5.32 Å². The van der Waals surface area contributed by atoms with E-state index in [9.17, 15) is 19.5 Å². The van der Waals surface area contributed by atoms with Gasteiger partial charge in [0.05, 0.1) is 12.0 Å². The summed E-state index contributed by atoms with van der Waals surface area (Å²) < 4.78 is 0. The predicted octanol–water partition coefficient (Wildman–Crippen LogP) is 0.792. The molecule has 0 heterocycles. The highest BCUT2D eigenvalue weighted by Gasteiger charge is 2.22. The normalized spacial score (nSPS) is 13.1. The molecule has 1 rings (SSSR count). The van der Waals surface area contributed by atoms with Gasteiger partial charge in [0.15, 0.2) is 0 Å². The number of nitrogens with one attached hydrogen (secondary N) is 1. The summed E-state index contributed by atoms with van der Waals surface area (Å²) in [4.78, 5) is 33.1. The van der Waals surface area contributed by atoms with Gasteiger partial charge in [-0.2, -0.15) is 0 Å². The fourth-order valence-electron chi connectivity index (χ4n) is 1.91. The van der Waals surface area contributed by atoms with Crippen LogP contribution in [0.1, 0.15) is 30.9 Å². The maximum absolute atomic E-state index is 11.7. The highest BCUT2D eigenvalue weighted by Crippen LogP contribution is 2.13. The molecule has 22 heavy (non-hydrogen) atoms. The fourth-order valence-corrected chi connectivity index (χ4v) is 1.91. The maximum Gasteiger partial charge on any atom is 0.307 e. The second-order valence-electron chi connectivity index (χ2n) is 4.90. The fraction of sp³-hybridized carbons (Fsp3) is 0.400. The minimum Gasteiger partial charge on any atom is -0.481 e. The molecule has 0 aromatic heterocycles. The van der Waals surface area contributed by atoms with Gasteiger partial charge in [-0.25, -0.2) is 0 Å². The van der Waals surface area contributed by atoms with Crippen LogP contribution in [-0.4, -0.2) is 39.7 Å². The smallest absolute Gasteiger partial charge is 0.307 e. The molecule has 0 spiro atoms. The summed E-state index contributed by atoms with van der Waals surface area (Å²) in [7, 11) is 0. The molecule has 0 aliphatic rings. The molecule has 7 heteroatoms. The van der Waals surface area contributed by atoms with E-state index in [1.54, 1.807) is 30.3 Å². The number of aliphatic hydroxyl groups is 1. The molecular formula is C15H19NO6. The standard InChI is InChI=1S/C15H19NO6/c17-12(10-4-2-1-3-5-10)9-16-13(18)8-11(15(21)22)6-7-14(19)20/h1-5,11-12,17H,6-9H2,(H,16,18)(H,19,20)(H,21,22). The summed E-state index contributed by atoms with van der Waals surface area (Å²) in [6.45, 7) is -0.0336. The van der Waals surface area contributed by atoms with Gasteiger partial charge in [0.25, 0.3) is 0 Å². The van der Waals surface area contributed by atoms with Gasteiger partial charge < -0.3 is 20.6 Å². The van der Waals surface area contributed by atoms with Crippen molar-refractivity contribution in [2.45, 2.75) is 25.4 Å². The van der Waals surface area contributed by atoms with Crippen LogP contribution in [0.2, 0.25) is 0 Å². The molecule has 1 aromatic rings. The van der Waals surface area contributed by atoms with E-state index in [0.717, 1.165) is 0 Å². The van der Waals surface area contributed by atoms with Crippen LogP contribution in [0, 0.1) is 5.92 Å². The second-order valence-corrected chi connectivity index (χ2v) is 4.90. The number of rotatable bonds is 9. The number of aliphatic hydroxyl groups excluding tert-OH is 1. The highest BCUT2D eigenvalue weighted by atomic mass is 16.4. The van der Waals surface area contributed by atoms with Gasteiger partial charge in [-0.05, 0) is 12.0 Å². The van der Waals surface area contributed by atoms with E-state index in [1.165, 1.54) is 0 Å². The van der Waals surface area contributed by atoms with Crippen LogP contribution in [-0.2, 0) is 14.4 Å². The lowest BCUT2D eigenvalue weighted by Gasteiger charge is -2.14. The second kappa shape index (κ2) is 8.78. The Morgan fingerprint density at radius 2 is 1.73 bits per heavy atom. The molecule has 1 aromatic carbocycles. The number of carboxylic acids is 2. The van der Waals surface area contributed by atoms with Crippen LogP contribution in [0.5, 0.6) is 0 Å². The van der Waals surface area contributed by atoms with E-state index >= 15 is 0 Å². The predicted molar refractivity (Wildman–Crippen MR) is 77.0 cm³/mol. The number of benzene rings is 1. The van der Waals surface area contributed by atoms with E-state index < -0.39 is 29.9 Å². The molecule has 4 N–H and O–H groups in total. The molecule has 120 valence electrons. The van der Waals surface area contributed by atoms with Gasteiger partial charge in [-0.1, -0.05) is 30.3 Å². The van der Waals surface area contributed by atoms with Crippen molar-refractivity contribution in [3.05, 3.63) is 35.9 Å². The quantitative estimate of drug-likeness (QED) is 0.534. The average Bonchev–Trinajstić information content (AvgIpc) is 2.49. The Balaban J connectivity index is 2.43. The van der Waals surface area contributed by atoms with Crippen LogP contribution in [0.4, 0.5) is 0 Å². The Morgan fingerprint density at radius 1 is 1.09 bits per heavy atom. The first-order valence-corrected chi connectivity index (χ1v) is 6.84. The summed E-state index contributed by atoms with van der Waals surface area (Å²) in [6.07, 6.45) is -1.62. The van der Waals surface area contributed by atoms with Crippen molar-refractivity contribution in [1.29, 1.82) is 0 Å². The Hall–Kier alpha value is -2.41. The average molecular weight is 309 g/mol. The number of aliphatic carboxylic acids is 2. The largest absolute Gasteiger partial charge is 0.481 e. The molecule has 0 aliphatic heterocycles. The molecule has 7 nitrogen and oxygen atoms in total.